The Morgan fingerprint density at radius 2 is 1.82 bits per heavy atom. The predicted octanol–water partition coefficient (Wildman–Crippen LogP) is 5.92. The van der Waals surface area contributed by atoms with Crippen molar-refractivity contribution in [1.29, 1.82) is 5.26 Å². The van der Waals surface area contributed by atoms with Crippen LogP contribution >= 0.6 is 0 Å². The summed E-state index contributed by atoms with van der Waals surface area (Å²) in [6.07, 6.45) is 3.35. The van der Waals surface area contributed by atoms with Crippen LogP contribution in [0.5, 0.6) is 5.75 Å². The zero-order chi connectivity index (χ0) is 23.9. The van der Waals surface area contributed by atoms with Crippen LogP contribution in [0.4, 0.5) is 16.2 Å². The van der Waals surface area contributed by atoms with E-state index in [1.54, 1.807) is 42.5 Å². The van der Waals surface area contributed by atoms with Crippen LogP contribution < -0.4 is 10.6 Å². The lowest BCUT2D eigenvalue weighted by Crippen LogP contribution is -2.36. The van der Waals surface area contributed by atoms with Crippen molar-refractivity contribution in [3.05, 3.63) is 89.5 Å². The van der Waals surface area contributed by atoms with Crippen molar-refractivity contribution in [2.75, 3.05) is 23.7 Å². The standard InChI is InChI=1S/C28H30N4O2/c1-20(32-14-12-22(13-15-32)16-21-6-3-2-4-7-21)26-18-25(33)10-11-27(26)31-28(34)30-24-9-5-8-23(17-24)19-29/h2-11,17-18,20,22,33H,12-16H2,1H3,(H2,30,31,34). The van der Waals surface area contributed by atoms with Crippen molar-refractivity contribution in [3.8, 4) is 11.8 Å². The Hall–Kier alpha value is -3.82. The van der Waals surface area contributed by atoms with Gasteiger partial charge in [-0.15, -0.1) is 0 Å². The summed E-state index contributed by atoms with van der Waals surface area (Å²) in [4.78, 5) is 15.1. The van der Waals surface area contributed by atoms with Gasteiger partial charge in [0.2, 0.25) is 0 Å². The first-order valence-corrected chi connectivity index (χ1v) is 11.7. The topological polar surface area (TPSA) is 88.4 Å². The number of piperidine rings is 1. The molecule has 0 saturated carbocycles. The summed E-state index contributed by atoms with van der Waals surface area (Å²) in [6.45, 7) is 4.06. The number of amides is 2. The smallest absolute Gasteiger partial charge is 0.323 e. The normalized spacial score (nSPS) is 15.3. The molecule has 0 aromatic heterocycles. The highest BCUT2D eigenvalue weighted by atomic mass is 16.3. The predicted molar refractivity (Wildman–Crippen MR) is 135 cm³/mol. The van der Waals surface area contributed by atoms with Crippen molar-refractivity contribution in [3.63, 3.8) is 0 Å². The summed E-state index contributed by atoms with van der Waals surface area (Å²) >= 11 is 0. The van der Waals surface area contributed by atoms with E-state index >= 15 is 0 Å². The molecule has 0 radical (unpaired) electrons. The van der Waals surface area contributed by atoms with E-state index in [1.165, 1.54) is 5.56 Å². The molecule has 3 N–H and O–H groups in total. The van der Waals surface area contributed by atoms with Gasteiger partial charge >= 0.3 is 6.03 Å². The minimum Gasteiger partial charge on any atom is -0.508 e. The second-order valence-electron chi connectivity index (χ2n) is 8.89. The number of hydrogen-bond acceptors (Lipinski definition) is 4. The molecule has 2 amide bonds. The highest BCUT2D eigenvalue weighted by molar-refractivity contribution is 6.00. The number of likely N-dealkylation sites (tertiary alicyclic amines) is 1. The van der Waals surface area contributed by atoms with Crippen LogP contribution in [0.15, 0.2) is 72.8 Å². The molecule has 0 spiro atoms. The number of urea groups is 1. The second-order valence-corrected chi connectivity index (χ2v) is 8.89. The lowest BCUT2D eigenvalue weighted by atomic mass is 9.89. The van der Waals surface area contributed by atoms with E-state index < -0.39 is 6.03 Å². The lowest BCUT2D eigenvalue weighted by molar-refractivity contribution is 0.141. The van der Waals surface area contributed by atoms with Crippen molar-refractivity contribution in [2.24, 2.45) is 5.92 Å². The number of anilines is 2. The number of benzene rings is 3. The summed E-state index contributed by atoms with van der Waals surface area (Å²) < 4.78 is 0. The maximum Gasteiger partial charge on any atom is 0.323 e. The van der Waals surface area contributed by atoms with E-state index in [1.807, 2.05) is 0 Å². The molecule has 0 aliphatic carbocycles. The van der Waals surface area contributed by atoms with Crippen LogP contribution in [0.1, 0.15) is 42.5 Å². The number of rotatable bonds is 6. The van der Waals surface area contributed by atoms with Gasteiger partial charge in [0, 0.05) is 17.4 Å². The van der Waals surface area contributed by atoms with Crippen LogP contribution in [0.2, 0.25) is 0 Å². The monoisotopic (exact) mass is 454 g/mol. The first-order chi connectivity index (χ1) is 16.5. The number of nitrogens with zero attached hydrogens (tertiary/aromatic N) is 2. The maximum atomic E-state index is 12.7. The highest BCUT2D eigenvalue weighted by Gasteiger charge is 2.25. The quantitative estimate of drug-likeness (QED) is 0.403. The summed E-state index contributed by atoms with van der Waals surface area (Å²) in [7, 11) is 0. The van der Waals surface area contributed by atoms with E-state index in [9.17, 15) is 9.90 Å². The molecule has 1 unspecified atom stereocenters. The van der Waals surface area contributed by atoms with Gasteiger partial charge in [-0.25, -0.2) is 4.79 Å². The third kappa shape index (κ3) is 5.94. The Labute approximate surface area is 200 Å². The van der Waals surface area contributed by atoms with Crippen LogP contribution in [0.25, 0.3) is 0 Å². The van der Waals surface area contributed by atoms with Gasteiger partial charge < -0.3 is 15.7 Å². The zero-order valence-corrected chi connectivity index (χ0v) is 19.4. The molecule has 3 aromatic rings. The number of carbonyl (C=O) groups excluding carboxylic acids is 1. The van der Waals surface area contributed by atoms with Gasteiger partial charge in [-0.3, -0.25) is 4.90 Å². The van der Waals surface area contributed by atoms with Crippen LogP contribution in [-0.4, -0.2) is 29.1 Å². The molecule has 1 fully saturated rings. The minimum atomic E-state index is -0.393. The maximum absolute atomic E-state index is 12.7. The number of carbonyl (C=O) groups is 1. The third-order valence-corrected chi connectivity index (χ3v) is 6.55. The summed E-state index contributed by atoms with van der Waals surface area (Å²) in [5.41, 5.74) is 3.95. The number of hydrogen-bond donors (Lipinski definition) is 3. The molecular formula is C28H30N4O2. The fraction of sp³-hybridized carbons (Fsp3) is 0.286. The second kappa shape index (κ2) is 10.9. The molecule has 6 nitrogen and oxygen atoms in total. The van der Waals surface area contributed by atoms with E-state index in [-0.39, 0.29) is 11.8 Å². The number of nitriles is 1. The fourth-order valence-corrected chi connectivity index (χ4v) is 4.65. The zero-order valence-electron chi connectivity index (χ0n) is 19.4. The number of phenols is 1. The Morgan fingerprint density at radius 3 is 2.56 bits per heavy atom. The summed E-state index contributed by atoms with van der Waals surface area (Å²) in [5, 5.41) is 24.9. The average Bonchev–Trinajstić information content (AvgIpc) is 2.86. The van der Waals surface area contributed by atoms with Crippen LogP contribution in [-0.2, 0) is 6.42 Å². The molecule has 1 atom stereocenters. The van der Waals surface area contributed by atoms with E-state index in [4.69, 9.17) is 5.26 Å². The average molecular weight is 455 g/mol. The largest absolute Gasteiger partial charge is 0.508 e. The number of aromatic hydroxyl groups is 1. The number of nitrogens with one attached hydrogen (secondary N) is 2. The summed E-state index contributed by atoms with van der Waals surface area (Å²) in [6, 6.07) is 24.2. The molecule has 1 heterocycles. The van der Waals surface area contributed by atoms with E-state index in [0.717, 1.165) is 37.9 Å². The van der Waals surface area contributed by atoms with Gasteiger partial charge in [0.05, 0.1) is 11.6 Å². The highest BCUT2D eigenvalue weighted by Crippen LogP contribution is 2.34. The molecule has 1 aliphatic rings. The van der Waals surface area contributed by atoms with Gasteiger partial charge in [0.15, 0.2) is 0 Å². The van der Waals surface area contributed by atoms with Crippen molar-refractivity contribution in [2.45, 2.75) is 32.2 Å². The van der Waals surface area contributed by atoms with Crippen LogP contribution in [0.3, 0.4) is 0 Å². The van der Waals surface area contributed by atoms with Crippen molar-refractivity contribution in [1.82, 2.24) is 4.90 Å². The summed E-state index contributed by atoms with van der Waals surface area (Å²) in [5.74, 6) is 0.844. The van der Waals surface area contributed by atoms with Gasteiger partial charge in [-0.1, -0.05) is 36.4 Å². The fourth-order valence-electron chi connectivity index (χ4n) is 4.65. The Morgan fingerprint density at radius 1 is 1.06 bits per heavy atom. The molecule has 3 aromatic carbocycles. The Kier molecular flexibility index (Phi) is 7.46. The first kappa shape index (κ1) is 23.3. The molecule has 6 heteroatoms. The van der Waals surface area contributed by atoms with Gasteiger partial charge in [-0.05, 0) is 92.7 Å². The number of phenolic OH excluding ortho intramolecular Hbond substituents is 1. The molecule has 34 heavy (non-hydrogen) atoms. The Balaban J connectivity index is 1.40. The third-order valence-electron chi connectivity index (χ3n) is 6.55. The van der Waals surface area contributed by atoms with E-state index in [0.29, 0.717) is 22.9 Å². The lowest BCUT2D eigenvalue weighted by Gasteiger charge is -2.37. The Bertz CT molecular complexity index is 1160. The molecule has 4 rings (SSSR count). The van der Waals surface area contributed by atoms with Crippen molar-refractivity contribution >= 4 is 17.4 Å². The molecule has 174 valence electrons. The van der Waals surface area contributed by atoms with Gasteiger partial charge in [0.25, 0.3) is 0 Å². The van der Waals surface area contributed by atoms with Crippen LogP contribution in [0, 0.1) is 17.2 Å². The first-order valence-electron chi connectivity index (χ1n) is 11.7. The van der Waals surface area contributed by atoms with Crippen molar-refractivity contribution < 1.29 is 9.90 Å². The molecule has 0 bridgehead atoms. The van der Waals surface area contributed by atoms with Gasteiger partial charge in [-0.2, -0.15) is 5.26 Å². The van der Waals surface area contributed by atoms with E-state index in [2.05, 4.69) is 58.9 Å². The van der Waals surface area contributed by atoms with Gasteiger partial charge in [0.1, 0.15) is 5.75 Å². The SMILES string of the molecule is CC(c1cc(O)ccc1NC(=O)Nc1cccc(C#N)c1)N1CCC(Cc2ccccc2)CC1. The molecular weight excluding hydrogens is 424 g/mol. The molecule has 1 saturated heterocycles. The minimum absolute atomic E-state index is 0.0435. The molecule has 1 aliphatic heterocycles.